The van der Waals surface area contributed by atoms with E-state index in [-0.39, 0.29) is 0 Å². The maximum Gasteiger partial charge on any atom is 0.00362 e. The molecule has 0 aliphatic carbocycles. The summed E-state index contributed by atoms with van der Waals surface area (Å²) in [5.41, 5.74) is 0. The molecule has 0 saturated heterocycles. The van der Waals surface area contributed by atoms with Crippen LogP contribution in [0.2, 0.25) is 0 Å². The van der Waals surface area contributed by atoms with Crippen LogP contribution in [0.4, 0.5) is 0 Å². The second-order valence-electron chi connectivity index (χ2n) is 6.28. The molecule has 0 aromatic rings. The van der Waals surface area contributed by atoms with Crippen molar-refractivity contribution >= 4 is 0 Å². The van der Waals surface area contributed by atoms with Crippen LogP contribution in [0, 0.1) is 5.92 Å². The number of hydrogen-bond acceptors (Lipinski definition) is 1. The van der Waals surface area contributed by atoms with Gasteiger partial charge in [0.05, 0.1) is 0 Å². The molecule has 0 aliphatic rings. The van der Waals surface area contributed by atoms with E-state index < -0.39 is 0 Å². The predicted octanol–water partition coefficient (Wildman–Crippen LogP) is 5.93. The molecular formula is C18H39N. The van der Waals surface area contributed by atoms with Crippen molar-refractivity contribution in [3.8, 4) is 0 Å². The van der Waals surface area contributed by atoms with Crippen molar-refractivity contribution in [1.29, 1.82) is 0 Å². The van der Waals surface area contributed by atoms with Gasteiger partial charge in [-0.2, -0.15) is 0 Å². The molecule has 0 rings (SSSR count). The summed E-state index contributed by atoms with van der Waals surface area (Å²) in [5.74, 6) is 0.919. The summed E-state index contributed by atoms with van der Waals surface area (Å²) in [5, 5.41) is 3.71. The Labute approximate surface area is 122 Å². The van der Waals surface area contributed by atoms with E-state index in [2.05, 4.69) is 33.0 Å². The fourth-order valence-corrected chi connectivity index (χ4v) is 2.58. The summed E-state index contributed by atoms with van der Waals surface area (Å²) in [6.45, 7) is 10.4. The summed E-state index contributed by atoms with van der Waals surface area (Å²) in [7, 11) is 0. The molecule has 0 saturated carbocycles. The Morgan fingerprint density at radius 2 is 1.26 bits per heavy atom. The fraction of sp³-hybridized carbons (Fsp3) is 1.00. The normalized spacial score (nSPS) is 13.1. The van der Waals surface area contributed by atoms with Crippen molar-refractivity contribution < 1.29 is 0 Å². The number of hydrogen-bond donors (Lipinski definition) is 1. The third-order valence-electron chi connectivity index (χ3n) is 4.30. The Balaban J connectivity index is 3.78. The zero-order chi connectivity index (χ0) is 14.3. The second-order valence-corrected chi connectivity index (χ2v) is 6.28. The highest BCUT2D eigenvalue weighted by Crippen LogP contribution is 2.18. The van der Waals surface area contributed by atoms with Crippen LogP contribution < -0.4 is 5.32 Å². The molecule has 0 amide bonds. The van der Waals surface area contributed by atoms with Crippen LogP contribution in [0.5, 0.6) is 0 Å². The average molecular weight is 270 g/mol. The molecule has 1 atom stereocenters. The Bertz CT molecular complexity index is 155. The number of nitrogens with one attached hydrogen (secondary N) is 1. The van der Waals surface area contributed by atoms with E-state index in [1.165, 1.54) is 77.2 Å². The number of rotatable bonds is 14. The van der Waals surface area contributed by atoms with Crippen LogP contribution in [0.15, 0.2) is 0 Å². The lowest BCUT2D eigenvalue weighted by Gasteiger charge is -2.20. The molecule has 0 aromatic carbocycles. The minimum atomic E-state index is 0.689. The molecule has 1 N–H and O–H groups in total. The van der Waals surface area contributed by atoms with Crippen LogP contribution >= 0.6 is 0 Å². The van der Waals surface area contributed by atoms with Crippen molar-refractivity contribution in [2.45, 2.75) is 104 Å². The second kappa shape index (κ2) is 14.4. The molecule has 19 heavy (non-hydrogen) atoms. The highest BCUT2D eigenvalue weighted by atomic mass is 14.9. The van der Waals surface area contributed by atoms with Gasteiger partial charge in [0, 0.05) is 6.04 Å². The van der Waals surface area contributed by atoms with Gasteiger partial charge in [0.15, 0.2) is 0 Å². The third-order valence-corrected chi connectivity index (χ3v) is 4.30. The van der Waals surface area contributed by atoms with E-state index in [0.717, 1.165) is 5.92 Å². The van der Waals surface area contributed by atoms with Crippen LogP contribution in [-0.2, 0) is 0 Å². The van der Waals surface area contributed by atoms with Crippen molar-refractivity contribution in [3.05, 3.63) is 0 Å². The van der Waals surface area contributed by atoms with Gasteiger partial charge in [-0.3, -0.25) is 0 Å². The maximum atomic E-state index is 3.71. The highest BCUT2D eigenvalue weighted by molar-refractivity contribution is 4.66. The van der Waals surface area contributed by atoms with Crippen molar-refractivity contribution in [1.82, 2.24) is 5.32 Å². The van der Waals surface area contributed by atoms with E-state index in [4.69, 9.17) is 0 Å². The minimum absolute atomic E-state index is 0.689. The first-order valence-corrected chi connectivity index (χ1v) is 8.97. The Morgan fingerprint density at radius 3 is 1.68 bits per heavy atom. The van der Waals surface area contributed by atoms with Gasteiger partial charge in [-0.15, -0.1) is 0 Å². The summed E-state index contributed by atoms with van der Waals surface area (Å²) in [6.07, 6.45) is 15.4. The summed E-state index contributed by atoms with van der Waals surface area (Å²) >= 11 is 0. The highest BCUT2D eigenvalue weighted by Gasteiger charge is 2.09. The average Bonchev–Trinajstić information content (AvgIpc) is 2.44. The SMILES string of the molecule is CCCCCCC(CCCCCC)CNC(C)CC. The zero-order valence-corrected chi connectivity index (χ0v) is 14.1. The van der Waals surface area contributed by atoms with Gasteiger partial charge in [-0.05, 0) is 38.6 Å². The van der Waals surface area contributed by atoms with E-state index in [1.54, 1.807) is 0 Å². The quantitative estimate of drug-likeness (QED) is 0.385. The molecule has 0 radical (unpaired) electrons. The molecule has 1 nitrogen and oxygen atoms in total. The molecule has 1 heteroatoms. The predicted molar refractivity (Wildman–Crippen MR) is 88.8 cm³/mol. The first-order chi connectivity index (χ1) is 9.24. The van der Waals surface area contributed by atoms with Gasteiger partial charge < -0.3 is 5.32 Å². The van der Waals surface area contributed by atoms with Crippen molar-refractivity contribution in [3.63, 3.8) is 0 Å². The van der Waals surface area contributed by atoms with Gasteiger partial charge in [0.1, 0.15) is 0 Å². The lowest BCUT2D eigenvalue weighted by molar-refractivity contribution is 0.364. The monoisotopic (exact) mass is 269 g/mol. The van der Waals surface area contributed by atoms with Crippen molar-refractivity contribution in [2.24, 2.45) is 5.92 Å². The third kappa shape index (κ3) is 12.7. The van der Waals surface area contributed by atoms with Crippen LogP contribution in [-0.4, -0.2) is 12.6 Å². The van der Waals surface area contributed by atoms with Gasteiger partial charge in [-0.1, -0.05) is 72.1 Å². The first kappa shape index (κ1) is 19.0. The molecule has 0 bridgehead atoms. The Kier molecular flexibility index (Phi) is 14.3. The number of unbranched alkanes of at least 4 members (excludes halogenated alkanes) is 6. The van der Waals surface area contributed by atoms with Gasteiger partial charge in [-0.25, -0.2) is 0 Å². The van der Waals surface area contributed by atoms with Gasteiger partial charge >= 0.3 is 0 Å². The summed E-state index contributed by atoms with van der Waals surface area (Å²) in [6, 6.07) is 0.689. The maximum absolute atomic E-state index is 3.71. The van der Waals surface area contributed by atoms with Crippen LogP contribution in [0.3, 0.4) is 0 Å². The van der Waals surface area contributed by atoms with Crippen molar-refractivity contribution in [2.75, 3.05) is 6.54 Å². The molecule has 0 spiro atoms. The molecule has 1 unspecified atom stereocenters. The van der Waals surface area contributed by atoms with E-state index in [1.807, 2.05) is 0 Å². The summed E-state index contributed by atoms with van der Waals surface area (Å²) < 4.78 is 0. The van der Waals surface area contributed by atoms with E-state index in [9.17, 15) is 0 Å². The molecule has 0 aliphatic heterocycles. The fourth-order valence-electron chi connectivity index (χ4n) is 2.58. The van der Waals surface area contributed by atoms with E-state index >= 15 is 0 Å². The molecule has 116 valence electrons. The lowest BCUT2D eigenvalue weighted by Crippen LogP contribution is -2.30. The molecular weight excluding hydrogens is 230 g/mol. The molecule has 0 aromatic heterocycles. The van der Waals surface area contributed by atoms with Crippen LogP contribution in [0.1, 0.15) is 98.3 Å². The molecule has 0 fully saturated rings. The van der Waals surface area contributed by atoms with E-state index in [0.29, 0.717) is 6.04 Å². The van der Waals surface area contributed by atoms with Gasteiger partial charge in [0.2, 0.25) is 0 Å². The standard InChI is InChI=1S/C18H39N/c1-5-8-10-12-14-18(15-13-11-9-6-2)16-19-17(4)7-3/h17-19H,5-16H2,1-4H3. The smallest absolute Gasteiger partial charge is 0.00362 e. The minimum Gasteiger partial charge on any atom is -0.314 e. The first-order valence-electron chi connectivity index (χ1n) is 8.97. The topological polar surface area (TPSA) is 12.0 Å². The Morgan fingerprint density at radius 1 is 0.737 bits per heavy atom. The Hall–Kier alpha value is -0.0400. The molecule has 0 heterocycles. The lowest BCUT2D eigenvalue weighted by atomic mass is 9.94. The van der Waals surface area contributed by atoms with Crippen LogP contribution in [0.25, 0.3) is 0 Å². The largest absolute Gasteiger partial charge is 0.314 e. The zero-order valence-electron chi connectivity index (χ0n) is 14.1. The van der Waals surface area contributed by atoms with Gasteiger partial charge in [0.25, 0.3) is 0 Å². The summed E-state index contributed by atoms with van der Waals surface area (Å²) in [4.78, 5) is 0.